The largest absolute Gasteiger partial charge is 0.484 e. The summed E-state index contributed by atoms with van der Waals surface area (Å²) >= 11 is 5.82. The van der Waals surface area contributed by atoms with Gasteiger partial charge in [-0.1, -0.05) is 30.9 Å². The zero-order valence-electron chi connectivity index (χ0n) is 15.3. The molecule has 3 saturated carbocycles. The summed E-state index contributed by atoms with van der Waals surface area (Å²) in [5, 5.41) is 6.65. The molecule has 0 bridgehead atoms. The van der Waals surface area contributed by atoms with Crippen LogP contribution in [0, 0.1) is 0 Å². The first kappa shape index (κ1) is 18.6. The molecule has 4 rings (SSSR count). The van der Waals surface area contributed by atoms with Crippen LogP contribution in [-0.4, -0.2) is 42.2 Å². The first-order valence-corrected chi connectivity index (χ1v) is 10.0. The van der Waals surface area contributed by atoms with Gasteiger partial charge in [0, 0.05) is 5.02 Å². The fourth-order valence-electron chi connectivity index (χ4n) is 4.02. The minimum atomic E-state index is -0.284. The second kappa shape index (κ2) is 7.32. The Kier molecular flexibility index (Phi) is 5.03. The molecule has 3 fully saturated rings. The quantitative estimate of drug-likeness (QED) is 0.713. The van der Waals surface area contributed by atoms with Gasteiger partial charge in [-0.15, -0.1) is 0 Å². The molecular formula is C20H25ClN2O4. The van der Waals surface area contributed by atoms with Crippen LogP contribution in [0.1, 0.15) is 44.9 Å². The van der Waals surface area contributed by atoms with E-state index in [4.69, 9.17) is 21.1 Å². The van der Waals surface area contributed by atoms with Crippen molar-refractivity contribution < 1.29 is 19.1 Å². The number of nitrogens with one attached hydrogen (secondary N) is 2. The molecule has 3 aliphatic rings. The number of rotatable bonds is 8. The third-order valence-corrected chi connectivity index (χ3v) is 6.07. The summed E-state index contributed by atoms with van der Waals surface area (Å²) in [6.45, 7) is 0.0499. The van der Waals surface area contributed by atoms with Gasteiger partial charge in [-0.25, -0.2) is 0 Å². The van der Waals surface area contributed by atoms with Crippen LogP contribution in [0.25, 0.3) is 0 Å². The van der Waals surface area contributed by atoms with Crippen LogP contribution in [0.4, 0.5) is 0 Å². The van der Waals surface area contributed by atoms with Gasteiger partial charge in [0.25, 0.3) is 5.91 Å². The predicted octanol–water partition coefficient (Wildman–Crippen LogP) is 2.59. The fourth-order valence-corrected chi connectivity index (χ4v) is 4.14. The molecule has 6 nitrogen and oxygen atoms in total. The fraction of sp³-hybridized carbons (Fsp3) is 0.600. The van der Waals surface area contributed by atoms with Crippen molar-refractivity contribution in [3.8, 4) is 5.75 Å². The van der Waals surface area contributed by atoms with E-state index in [9.17, 15) is 9.59 Å². The average molecular weight is 393 g/mol. The number of hydrogen-bond acceptors (Lipinski definition) is 4. The van der Waals surface area contributed by atoms with Crippen molar-refractivity contribution in [2.75, 3.05) is 13.2 Å². The van der Waals surface area contributed by atoms with Gasteiger partial charge in [-0.2, -0.15) is 0 Å². The highest BCUT2D eigenvalue weighted by Crippen LogP contribution is 2.70. The Hall–Kier alpha value is -1.79. The molecule has 0 radical (unpaired) electrons. The van der Waals surface area contributed by atoms with E-state index in [1.807, 2.05) is 0 Å². The lowest BCUT2D eigenvalue weighted by Gasteiger charge is -2.21. The molecule has 0 saturated heterocycles. The van der Waals surface area contributed by atoms with Gasteiger partial charge in [0.05, 0.1) is 17.2 Å². The van der Waals surface area contributed by atoms with Crippen LogP contribution in [0.5, 0.6) is 5.75 Å². The first-order valence-electron chi connectivity index (χ1n) is 9.62. The first-order chi connectivity index (χ1) is 13.0. The molecule has 3 aliphatic carbocycles. The Morgan fingerprint density at radius 3 is 2.19 bits per heavy atom. The van der Waals surface area contributed by atoms with Gasteiger partial charge < -0.3 is 20.1 Å². The number of carbonyl (C=O) groups is 2. The minimum Gasteiger partial charge on any atom is -0.484 e. The standard InChI is InChI=1S/C20H25ClN2O4/c21-14-6-8-16(9-7-14)27-11-18(25)23-20-12-19(20,13-20)22-17(24)10-26-15-4-2-1-3-5-15/h6-9,15H,1-5,10-13H2,(H,22,24)(H,23,25). The van der Waals surface area contributed by atoms with E-state index in [0.717, 1.165) is 25.7 Å². The Bertz CT molecular complexity index is 709. The molecule has 0 atom stereocenters. The SMILES string of the molecule is O=C(COc1ccc(Cl)cc1)NC12CC1(NC(=O)COC1CCCCC1)C2. The summed E-state index contributed by atoms with van der Waals surface area (Å²) in [6, 6.07) is 6.87. The zero-order chi connectivity index (χ0) is 18.9. The van der Waals surface area contributed by atoms with Crippen LogP contribution < -0.4 is 15.4 Å². The lowest BCUT2D eigenvalue weighted by molar-refractivity contribution is -0.129. The highest BCUT2D eigenvalue weighted by atomic mass is 35.5. The number of amides is 2. The summed E-state index contributed by atoms with van der Waals surface area (Å²) in [5.74, 6) is 0.321. The van der Waals surface area contributed by atoms with Crippen LogP contribution in [0.15, 0.2) is 24.3 Å². The van der Waals surface area contributed by atoms with Crippen molar-refractivity contribution in [1.29, 1.82) is 0 Å². The van der Waals surface area contributed by atoms with Crippen LogP contribution in [0.3, 0.4) is 0 Å². The van der Waals surface area contributed by atoms with Crippen molar-refractivity contribution in [3.05, 3.63) is 29.3 Å². The molecule has 0 unspecified atom stereocenters. The smallest absolute Gasteiger partial charge is 0.258 e. The summed E-state index contributed by atoms with van der Waals surface area (Å²) in [7, 11) is 0. The molecule has 2 N–H and O–H groups in total. The Morgan fingerprint density at radius 2 is 1.56 bits per heavy atom. The highest BCUT2D eigenvalue weighted by Gasteiger charge is 2.85. The average Bonchev–Trinajstić information content (AvgIpc) is 3.45. The number of fused-ring (bicyclic) bond motifs is 1. The number of hydrogen-bond donors (Lipinski definition) is 2. The number of ether oxygens (including phenoxy) is 2. The molecule has 0 aliphatic heterocycles. The monoisotopic (exact) mass is 392 g/mol. The van der Waals surface area contributed by atoms with Crippen molar-refractivity contribution in [1.82, 2.24) is 10.6 Å². The maximum Gasteiger partial charge on any atom is 0.258 e. The van der Waals surface area contributed by atoms with E-state index in [-0.39, 0.29) is 42.2 Å². The van der Waals surface area contributed by atoms with Crippen LogP contribution in [0.2, 0.25) is 5.02 Å². The molecule has 0 heterocycles. The van der Waals surface area contributed by atoms with Gasteiger partial charge in [-0.05, 0) is 49.9 Å². The van der Waals surface area contributed by atoms with E-state index in [1.54, 1.807) is 24.3 Å². The van der Waals surface area contributed by atoms with Gasteiger partial charge in [-0.3, -0.25) is 9.59 Å². The third kappa shape index (κ3) is 4.22. The molecule has 0 aromatic heterocycles. The molecule has 7 heteroatoms. The second-order valence-electron chi connectivity index (χ2n) is 7.93. The normalized spacial score (nSPS) is 28.8. The summed E-state index contributed by atoms with van der Waals surface area (Å²) < 4.78 is 11.2. The Balaban J connectivity index is 1.16. The molecule has 1 aromatic carbocycles. The number of halogens is 1. The van der Waals surface area contributed by atoms with E-state index >= 15 is 0 Å². The maximum absolute atomic E-state index is 12.1. The Labute approximate surface area is 163 Å². The lowest BCUT2D eigenvalue weighted by Crippen LogP contribution is -2.38. The molecule has 1 aromatic rings. The van der Waals surface area contributed by atoms with Gasteiger partial charge in [0.2, 0.25) is 5.91 Å². The third-order valence-electron chi connectivity index (χ3n) is 5.82. The Morgan fingerprint density at radius 1 is 0.963 bits per heavy atom. The van der Waals surface area contributed by atoms with Crippen molar-refractivity contribution in [3.63, 3.8) is 0 Å². The topological polar surface area (TPSA) is 76.7 Å². The molecule has 27 heavy (non-hydrogen) atoms. The molecule has 2 amide bonds. The van der Waals surface area contributed by atoms with Gasteiger partial charge in [0.1, 0.15) is 12.4 Å². The highest BCUT2D eigenvalue weighted by molar-refractivity contribution is 6.30. The van der Waals surface area contributed by atoms with Crippen molar-refractivity contribution >= 4 is 23.4 Å². The van der Waals surface area contributed by atoms with E-state index < -0.39 is 0 Å². The van der Waals surface area contributed by atoms with Crippen LogP contribution in [-0.2, 0) is 14.3 Å². The van der Waals surface area contributed by atoms with Crippen molar-refractivity contribution in [2.24, 2.45) is 0 Å². The summed E-state index contributed by atoms with van der Waals surface area (Å²) in [6.07, 6.45) is 7.50. The molecule has 0 spiro atoms. The maximum atomic E-state index is 12.1. The minimum absolute atomic E-state index is 0.0573. The van der Waals surface area contributed by atoms with E-state index in [0.29, 0.717) is 10.8 Å². The molecule has 146 valence electrons. The summed E-state index contributed by atoms with van der Waals surface area (Å²) in [4.78, 5) is 24.3. The predicted molar refractivity (Wildman–Crippen MR) is 101 cm³/mol. The van der Waals surface area contributed by atoms with Gasteiger partial charge in [0.15, 0.2) is 6.61 Å². The van der Waals surface area contributed by atoms with Crippen molar-refractivity contribution in [2.45, 2.75) is 62.1 Å². The zero-order valence-corrected chi connectivity index (χ0v) is 16.0. The van der Waals surface area contributed by atoms with E-state index in [1.165, 1.54) is 19.3 Å². The lowest BCUT2D eigenvalue weighted by atomic mass is 9.98. The van der Waals surface area contributed by atoms with Crippen LogP contribution >= 0.6 is 11.6 Å². The second-order valence-corrected chi connectivity index (χ2v) is 8.36. The number of benzene rings is 1. The molecular weight excluding hydrogens is 368 g/mol. The summed E-state index contributed by atoms with van der Waals surface area (Å²) in [5.41, 5.74) is -0.552. The van der Waals surface area contributed by atoms with E-state index in [2.05, 4.69) is 10.6 Å². The number of carbonyl (C=O) groups excluding carboxylic acids is 2. The van der Waals surface area contributed by atoms with Gasteiger partial charge >= 0.3 is 0 Å².